The van der Waals surface area contributed by atoms with E-state index in [1.54, 1.807) is 7.11 Å². The molecule has 21 heavy (non-hydrogen) atoms. The summed E-state index contributed by atoms with van der Waals surface area (Å²) < 4.78 is 6.66. The minimum atomic E-state index is 0.400. The number of ether oxygens (including phenoxy) is 1. The molecule has 1 aliphatic carbocycles. The third-order valence-corrected chi connectivity index (χ3v) is 6.49. The van der Waals surface area contributed by atoms with Gasteiger partial charge < -0.3 is 4.74 Å². The van der Waals surface area contributed by atoms with Crippen LogP contribution in [0.4, 0.5) is 0 Å². The van der Waals surface area contributed by atoms with Crippen molar-refractivity contribution in [1.82, 2.24) is 0 Å². The standard InChI is InChI=1S/C18H26Br2O/c1-3-4-5-13-6-8-14(9-7-13)18(20)16-12-15(19)10-11-17(16)21-2/h10-14,18H,3-9H2,1-2H3. The fourth-order valence-corrected chi connectivity index (χ4v) is 4.70. The molecule has 0 radical (unpaired) electrons. The van der Waals surface area contributed by atoms with Crippen LogP contribution in [0.3, 0.4) is 0 Å². The number of rotatable bonds is 6. The number of hydrogen-bond acceptors (Lipinski definition) is 1. The molecule has 1 aromatic rings. The van der Waals surface area contributed by atoms with Gasteiger partial charge in [0.1, 0.15) is 5.75 Å². The second-order valence-electron chi connectivity index (χ2n) is 6.21. The maximum absolute atomic E-state index is 5.54. The molecule has 0 spiro atoms. The van der Waals surface area contributed by atoms with E-state index in [4.69, 9.17) is 4.74 Å². The molecule has 1 aliphatic rings. The van der Waals surface area contributed by atoms with E-state index in [0.717, 1.165) is 22.1 Å². The van der Waals surface area contributed by atoms with Gasteiger partial charge in [0, 0.05) is 14.9 Å². The normalized spacial score (nSPS) is 23.8. The van der Waals surface area contributed by atoms with Crippen molar-refractivity contribution in [2.24, 2.45) is 11.8 Å². The number of unbranched alkanes of at least 4 members (excludes halogenated alkanes) is 1. The van der Waals surface area contributed by atoms with Gasteiger partial charge in [-0.1, -0.05) is 70.9 Å². The molecule has 1 nitrogen and oxygen atoms in total. The fourth-order valence-electron chi connectivity index (χ4n) is 3.44. The summed E-state index contributed by atoms with van der Waals surface area (Å²) in [6.07, 6.45) is 9.60. The van der Waals surface area contributed by atoms with E-state index in [0.29, 0.717) is 4.83 Å². The van der Waals surface area contributed by atoms with Gasteiger partial charge in [-0.3, -0.25) is 0 Å². The first-order valence-corrected chi connectivity index (χ1v) is 9.84. The van der Waals surface area contributed by atoms with Crippen molar-refractivity contribution < 1.29 is 4.74 Å². The summed E-state index contributed by atoms with van der Waals surface area (Å²) in [5, 5.41) is 0. The van der Waals surface area contributed by atoms with Gasteiger partial charge in [-0.2, -0.15) is 0 Å². The zero-order chi connectivity index (χ0) is 15.2. The van der Waals surface area contributed by atoms with Crippen LogP contribution < -0.4 is 4.74 Å². The maximum Gasteiger partial charge on any atom is 0.123 e. The molecule has 1 atom stereocenters. The Morgan fingerprint density at radius 1 is 1.24 bits per heavy atom. The van der Waals surface area contributed by atoms with Crippen molar-refractivity contribution in [3.63, 3.8) is 0 Å². The number of benzene rings is 1. The lowest BCUT2D eigenvalue weighted by Gasteiger charge is -2.32. The first kappa shape index (κ1) is 17.3. The molecule has 2 rings (SSSR count). The molecule has 0 amide bonds. The summed E-state index contributed by atoms with van der Waals surface area (Å²) in [7, 11) is 1.76. The van der Waals surface area contributed by atoms with Gasteiger partial charge in [0.25, 0.3) is 0 Å². The molecule has 1 unspecified atom stereocenters. The number of methoxy groups -OCH3 is 1. The summed E-state index contributed by atoms with van der Waals surface area (Å²) >= 11 is 7.52. The van der Waals surface area contributed by atoms with Crippen LogP contribution in [0.15, 0.2) is 22.7 Å². The second-order valence-corrected chi connectivity index (χ2v) is 8.11. The van der Waals surface area contributed by atoms with Crippen molar-refractivity contribution in [1.29, 1.82) is 0 Å². The van der Waals surface area contributed by atoms with Crippen LogP contribution in [0.1, 0.15) is 62.3 Å². The second kappa shape index (κ2) is 8.57. The van der Waals surface area contributed by atoms with Gasteiger partial charge in [0.05, 0.1) is 7.11 Å². The van der Waals surface area contributed by atoms with Gasteiger partial charge in [-0.15, -0.1) is 0 Å². The first-order valence-electron chi connectivity index (χ1n) is 8.13. The monoisotopic (exact) mass is 416 g/mol. The molecule has 1 saturated carbocycles. The van der Waals surface area contributed by atoms with Crippen molar-refractivity contribution >= 4 is 31.9 Å². The maximum atomic E-state index is 5.54. The first-order chi connectivity index (χ1) is 10.2. The Labute approximate surface area is 146 Å². The summed E-state index contributed by atoms with van der Waals surface area (Å²) in [5.74, 6) is 2.68. The summed E-state index contributed by atoms with van der Waals surface area (Å²) in [5.41, 5.74) is 1.28. The van der Waals surface area contributed by atoms with Crippen molar-refractivity contribution in [2.45, 2.75) is 56.7 Å². The lowest BCUT2D eigenvalue weighted by molar-refractivity contribution is 0.256. The Bertz CT molecular complexity index is 439. The molecule has 3 heteroatoms. The van der Waals surface area contributed by atoms with Crippen LogP contribution in [0.2, 0.25) is 0 Å². The molecule has 1 fully saturated rings. The number of halogens is 2. The van der Waals surface area contributed by atoms with Crippen molar-refractivity contribution in [3.05, 3.63) is 28.2 Å². The third kappa shape index (κ3) is 4.72. The van der Waals surface area contributed by atoms with Crippen LogP contribution >= 0.6 is 31.9 Å². The van der Waals surface area contributed by atoms with Gasteiger partial charge >= 0.3 is 0 Å². The topological polar surface area (TPSA) is 9.23 Å². The Kier molecular flexibility index (Phi) is 7.07. The van der Waals surface area contributed by atoms with Crippen LogP contribution in [0, 0.1) is 11.8 Å². The molecule has 0 aromatic heterocycles. The number of alkyl halides is 1. The zero-order valence-corrected chi connectivity index (χ0v) is 16.3. The fraction of sp³-hybridized carbons (Fsp3) is 0.667. The molecule has 1 aromatic carbocycles. The highest BCUT2D eigenvalue weighted by Gasteiger charge is 2.28. The molecule has 0 aliphatic heterocycles. The molecule has 0 heterocycles. The summed E-state index contributed by atoms with van der Waals surface area (Å²) in [6, 6.07) is 6.30. The SMILES string of the molecule is CCCCC1CCC(C(Br)c2cc(Br)ccc2OC)CC1. The predicted octanol–water partition coefficient (Wildman–Crippen LogP) is 6.89. The van der Waals surface area contributed by atoms with Crippen molar-refractivity contribution in [2.75, 3.05) is 7.11 Å². The molecule has 118 valence electrons. The van der Waals surface area contributed by atoms with E-state index < -0.39 is 0 Å². The van der Waals surface area contributed by atoms with Crippen LogP contribution in [-0.4, -0.2) is 7.11 Å². The largest absolute Gasteiger partial charge is 0.496 e. The van der Waals surface area contributed by atoms with Crippen LogP contribution in [0.5, 0.6) is 5.75 Å². The zero-order valence-electron chi connectivity index (χ0n) is 13.1. The summed E-state index contributed by atoms with van der Waals surface area (Å²) in [4.78, 5) is 0.400. The third-order valence-electron chi connectivity index (χ3n) is 4.76. The minimum Gasteiger partial charge on any atom is -0.496 e. The molecule has 0 bridgehead atoms. The molecular weight excluding hydrogens is 392 g/mol. The van der Waals surface area contributed by atoms with E-state index in [1.165, 1.54) is 50.5 Å². The van der Waals surface area contributed by atoms with Crippen LogP contribution in [-0.2, 0) is 0 Å². The average molecular weight is 418 g/mol. The highest BCUT2D eigenvalue weighted by Crippen LogP contribution is 2.45. The van der Waals surface area contributed by atoms with Crippen LogP contribution in [0.25, 0.3) is 0 Å². The van der Waals surface area contributed by atoms with Crippen molar-refractivity contribution in [3.8, 4) is 5.75 Å². The van der Waals surface area contributed by atoms with Gasteiger partial charge in [0.15, 0.2) is 0 Å². The number of hydrogen-bond donors (Lipinski definition) is 0. The smallest absolute Gasteiger partial charge is 0.123 e. The highest BCUT2D eigenvalue weighted by molar-refractivity contribution is 9.10. The van der Waals surface area contributed by atoms with E-state index >= 15 is 0 Å². The minimum absolute atomic E-state index is 0.400. The quantitative estimate of drug-likeness (QED) is 0.457. The lowest BCUT2D eigenvalue weighted by Crippen LogP contribution is -2.18. The Balaban J connectivity index is 1.98. The van der Waals surface area contributed by atoms with E-state index in [2.05, 4.69) is 50.9 Å². The predicted molar refractivity (Wildman–Crippen MR) is 97.3 cm³/mol. The van der Waals surface area contributed by atoms with Gasteiger partial charge in [-0.25, -0.2) is 0 Å². The van der Waals surface area contributed by atoms with Gasteiger partial charge in [0.2, 0.25) is 0 Å². The highest BCUT2D eigenvalue weighted by atomic mass is 79.9. The Morgan fingerprint density at radius 3 is 2.57 bits per heavy atom. The van der Waals surface area contributed by atoms with E-state index in [9.17, 15) is 0 Å². The lowest BCUT2D eigenvalue weighted by atomic mass is 9.77. The Morgan fingerprint density at radius 2 is 1.95 bits per heavy atom. The van der Waals surface area contributed by atoms with E-state index in [-0.39, 0.29) is 0 Å². The average Bonchev–Trinajstić information content (AvgIpc) is 2.52. The van der Waals surface area contributed by atoms with E-state index in [1.807, 2.05) is 6.07 Å². The molecule has 0 saturated heterocycles. The Hall–Kier alpha value is -0.0200. The molecular formula is C18H26Br2O. The summed E-state index contributed by atoms with van der Waals surface area (Å²) in [6.45, 7) is 2.29. The van der Waals surface area contributed by atoms with Gasteiger partial charge in [-0.05, 0) is 42.9 Å². The molecule has 0 N–H and O–H groups in total.